The third-order valence-electron chi connectivity index (χ3n) is 5.63. The van der Waals surface area contributed by atoms with Crippen LogP contribution in [0.15, 0.2) is 54.6 Å². The standard InChI is InChI=1S/C22H23N3O4/c1-29-21(27)16-8-5-9-17(12-16)23-22(28)25-13-14-10-18(19(25)11-14)24-20(26)15-6-3-2-4-7-15/h2-9,12,14,18-19H,10-11,13H2,1H3,(H,23,28)(H,24,26)/t14-,18+,19-/m1/s1. The van der Waals surface area contributed by atoms with E-state index >= 15 is 0 Å². The Labute approximate surface area is 169 Å². The molecule has 4 rings (SSSR count). The van der Waals surface area contributed by atoms with Gasteiger partial charge in [-0.15, -0.1) is 0 Å². The Balaban J connectivity index is 1.41. The second-order valence-electron chi connectivity index (χ2n) is 7.51. The van der Waals surface area contributed by atoms with Crippen LogP contribution in [-0.2, 0) is 4.74 Å². The maximum atomic E-state index is 12.8. The topological polar surface area (TPSA) is 87.7 Å². The first-order chi connectivity index (χ1) is 14.0. The van der Waals surface area contributed by atoms with Crippen molar-refractivity contribution in [1.29, 1.82) is 0 Å². The van der Waals surface area contributed by atoms with Gasteiger partial charge in [0, 0.05) is 23.8 Å². The van der Waals surface area contributed by atoms with Crippen LogP contribution in [-0.4, -0.2) is 48.5 Å². The zero-order chi connectivity index (χ0) is 20.4. The second-order valence-corrected chi connectivity index (χ2v) is 7.51. The summed E-state index contributed by atoms with van der Waals surface area (Å²) in [5.41, 5.74) is 1.53. The number of esters is 1. The summed E-state index contributed by atoms with van der Waals surface area (Å²) >= 11 is 0. The minimum Gasteiger partial charge on any atom is -0.465 e. The minimum absolute atomic E-state index is 0.0311. The lowest BCUT2D eigenvalue weighted by atomic mass is 10.1. The number of carbonyl (C=O) groups is 3. The molecule has 3 atom stereocenters. The van der Waals surface area contributed by atoms with E-state index in [9.17, 15) is 14.4 Å². The monoisotopic (exact) mass is 393 g/mol. The fourth-order valence-corrected chi connectivity index (χ4v) is 4.29. The number of carbonyl (C=O) groups excluding carboxylic acids is 3. The average Bonchev–Trinajstić information content (AvgIpc) is 3.34. The highest BCUT2D eigenvalue weighted by Crippen LogP contribution is 2.38. The molecule has 1 aliphatic carbocycles. The molecule has 150 valence electrons. The number of piperidine rings is 1. The lowest BCUT2D eigenvalue weighted by Gasteiger charge is -2.33. The number of anilines is 1. The highest BCUT2D eigenvalue weighted by Gasteiger charge is 2.47. The summed E-state index contributed by atoms with van der Waals surface area (Å²) in [6.07, 6.45) is 1.76. The molecule has 2 fully saturated rings. The second kappa shape index (κ2) is 7.95. The van der Waals surface area contributed by atoms with E-state index in [4.69, 9.17) is 4.74 Å². The predicted molar refractivity (Wildman–Crippen MR) is 108 cm³/mol. The third kappa shape index (κ3) is 3.94. The molecule has 1 heterocycles. The largest absolute Gasteiger partial charge is 0.465 e. The summed E-state index contributed by atoms with van der Waals surface area (Å²) in [6, 6.07) is 15.4. The zero-order valence-electron chi connectivity index (χ0n) is 16.1. The van der Waals surface area contributed by atoms with Gasteiger partial charge in [-0.1, -0.05) is 24.3 Å². The summed E-state index contributed by atoms with van der Waals surface area (Å²) < 4.78 is 4.72. The van der Waals surface area contributed by atoms with E-state index in [2.05, 4.69) is 10.6 Å². The van der Waals surface area contributed by atoms with Crippen molar-refractivity contribution in [2.24, 2.45) is 5.92 Å². The Morgan fingerprint density at radius 1 is 1.00 bits per heavy atom. The van der Waals surface area contributed by atoms with E-state index in [1.807, 2.05) is 18.2 Å². The molecule has 7 heteroatoms. The van der Waals surface area contributed by atoms with Crippen LogP contribution in [0.3, 0.4) is 0 Å². The van der Waals surface area contributed by atoms with Gasteiger partial charge in [0.05, 0.1) is 18.7 Å². The number of rotatable bonds is 4. The SMILES string of the molecule is COC(=O)c1cccc(NC(=O)N2C[C@@H]3C[C@H](NC(=O)c4ccccc4)[C@H]2C3)c1. The highest BCUT2D eigenvalue weighted by molar-refractivity contribution is 5.95. The van der Waals surface area contributed by atoms with Crippen LogP contribution in [0.5, 0.6) is 0 Å². The predicted octanol–water partition coefficient (Wildman–Crippen LogP) is 2.90. The molecule has 2 N–H and O–H groups in total. The highest BCUT2D eigenvalue weighted by atomic mass is 16.5. The Morgan fingerprint density at radius 2 is 1.76 bits per heavy atom. The Bertz CT molecular complexity index is 931. The normalized spacial score (nSPS) is 22.2. The number of urea groups is 1. The molecular formula is C22H23N3O4. The van der Waals surface area contributed by atoms with Gasteiger partial charge >= 0.3 is 12.0 Å². The van der Waals surface area contributed by atoms with E-state index < -0.39 is 5.97 Å². The number of benzene rings is 2. The molecule has 2 aromatic rings. The lowest BCUT2D eigenvalue weighted by molar-refractivity contribution is 0.0600. The summed E-state index contributed by atoms with van der Waals surface area (Å²) in [5, 5.41) is 5.95. The molecule has 3 amide bonds. The first-order valence-electron chi connectivity index (χ1n) is 9.67. The molecule has 2 aliphatic rings. The molecule has 1 saturated heterocycles. The van der Waals surface area contributed by atoms with Gasteiger partial charge in [0.1, 0.15) is 0 Å². The van der Waals surface area contributed by atoms with Crippen LogP contribution < -0.4 is 10.6 Å². The molecule has 2 aromatic carbocycles. The number of ether oxygens (including phenoxy) is 1. The Hall–Kier alpha value is -3.35. The van der Waals surface area contributed by atoms with Crippen LogP contribution in [0.1, 0.15) is 33.6 Å². The van der Waals surface area contributed by atoms with Crippen molar-refractivity contribution < 1.29 is 19.1 Å². The van der Waals surface area contributed by atoms with E-state index in [1.54, 1.807) is 41.3 Å². The van der Waals surface area contributed by atoms with Crippen molar-refractivity contribution in [3.63, 3.8) is 0 Å². The first-order valence-corrected chi connectivity index (χ1v) is 9.67. The van der Waals surface area contributed by atoms with Gasteiger partial charge in [-0.05, 0) is 49.1 Å². The van der Waals surface area contributed by atoms with Crippen molar-refractivity contribution >= 4 is 23.6 Å². The maximum Gasteiger partial charge on any atom is 0.337 e. The van der Waals surface area contributed by atoms with Crippen molar-refractivity contribution in [3.8, 4) is 0 Å². The fourth-order valence-electron chi connectivity index (χ4n) is 4.29. The molecule has 0 spiro atoms. The molecule has 0 aromatic heterocycles. The van der Waals surface area contributed by atoms with Crippen molar-refractivity contribution in [2.75, 3.05) is 19.0 Å². The molecule has 7 nitrogen and oxygen atoms in total. The summed E-state index contributed by atoms with van der Waals surface area (Å²) in [7, 11) is 1.32. The number of fused-ring (bicyclic) bond motifs is 2. The average molecular weight is 393 g/mol. The van der Waals surface area contributed by atoms with Crippen LogP contribution in [0.2, 0.25) is 0 Å². The van der Waals surface area contributed by atoms with Gasteiger partial charge in [0.25, 0.3) is 5.91 Å². The molecule has 1 saturated carbocycles. The molecule has 0 radical (unpaired) electrons. The van der Waals surface area contributed by atoms with E-state index in [0.717, 1.165) is 12.8 Å². The number of hydrogen-bond donors (Lipinski definition) is 2. The van der Waals surface area contributed by atoms with Gasteiger partial charge in [0.2, 0.25) is 0 Å². The molecule has 29 heavy (non-hydrogen) atoms. The lowest BCUT2D eigenvalue weighted by Crippen LogP contribution is -2.53. The van der Waals surface area contributed by atoms with Gasteiger partial charge in [-0.2, -0.15) is 0 Å². The van der Waals surface area contributed by atoms with Crippen molar-refractivity contribution in [3.05, 3.63) is 65.7 Å². The molecular weight excluding hydrogens is 370 g/mol. The number of nitrogens with one attached hydrogen (secondary N) is 2. The minimum atomic E-state index is -0.454. The number of likely N-dealkylation sites (tertiary alicyclic amines) is 1. The fraction of sp³-hybridized carbons (Fsp3) is 0.318. The van der Waals surface area contributed by atoms with E-state index in [-0.39, 0.29) is 24.0 Å². The summed E-state index contributed by atoms with van der Waals surface area (Å²) in [6.45, 7) is 0.672. The quantitative estimate of drug-likeness (QED) is 0.782. The van der Waals surface area contributed by atoms with Crippen LogP contribution >= 0.6 is 0 Å². The maximum absolute atomic E-state index is 12.8. The van der Waals surface area contributed by atoms with Crippen LogP contribution in [0.25, 0.3) is 0 Å². The van der Waals surface area contributed by atoms with E-state index in [0.29, 0.717) is 29.3 Å². The zero-order valence-corrected chi connectivity index (χ0v) is 16.1. The summed E-state index contributed by atoms with van der Waals surface area (Å²) in [5.74, 6) is -0.187. The van der Waals surface area contributed by atoms with Gasteiger partial charge in [-0.3, -0.25) is 4.79 Å². The number of methoxy groups -OCH3 is 1. The number of hydrogen-bond acceptors (Lipinski definition) is 4. The van der Waals surface area contributed by atoms with Crippen molar-refractivity contribution in [2.45, 2.75) is 24.9 Å². The van der Waals surface area contributed by atoms with Gasteiger partial charge in [-0.25, -0.2) is 9.59 Å². The molecule has 0 unspecified atom stereocenters. The van der Waals surface area contributed by atoms with Gasteiger partial charge in [0.15, 0.2) is 0 Å². The number of amides is 3. The van der Waals surface area contributed by atoms with Crippen LogP contribution in [0.4, 0.5) is 10.5 Å². The van der Waals surface area contributed by atoms with E-state index in [1.165, 1.54) is 7.11 Å². The van der Waals surface area contributed by atoms with Crippen molar-refractivity contribution in [1.82, 2.24) is 10.2 Å². The number of nitrogens with zero attached hydrogens (tertiary/aromatic N) is 1. The Kier molecular flexibility index (Phi) is 5.20. The smallest absolute Gasteiger partial charge is 0.337 e. The Morgan fingerprint density at radius 3 is 2.48 bits per heavy atom. The molecule has 2 bridgehead atoms. The molecule has 1 aliphatic heterocycles. The van der Waals surface area contributed by atoms with Crippen LogP contribution in [0, 0.1) is 5.92 Å². The van der Waals surface area contributed by atoms with Gasteiger partial charge < -0.3 is 20.3 Å². The first kappa shape index (κ1) is 19.0. The summed E-state index contributed by atoms with van der Waals surface area (Å²) in [4.78, 5) is 38.8. The third-order valence-corrected chi connectivity index (χ3v) is 5.63.